The molecule has 22 nitrogen and oxygen atoms in total. The van der Waals surface area contributed by atoms with E-state index in [0.29, 0.717) is 71.1 Å². The molecule has 1 aromatic carbocycles. The van der Waals surface area contributed by atoms with Crippen molar-refractivity contribution in [2.24, 2.45) is 56.2 Å². The molecule has 9 unspecified atom stereocenters. The van der Waals surface area contributed by atoms with Crippen molar-refractivity contribution in [2.75, 3.05) is 13.2 Å². The normalized spacial score (nSPS) is 18.2. The van der Waals surface area contributed by atoms with Gasteiger partial charge in [-0.15, -0.1) is 0 Å². The maximum Gasteiger partial charge on any atom is 0.516 e. The Morgan fingerprint density at radius 1 is 0.444 bits per heavy atom. The molecular formula is C87H155F15N2O20S2. The second-order valence-electron chi connectivity index (χ2n) is 35.8. The first-order valence-corrected chi connectivity index (χ1v) is 42.8. The van der Waals surface area contributed by atoms with Gasteiger partial charge in [0.25, 0.3) is 0 Å². The van der Waals surface area contributed by atoms with Crippen LogP contribution in [-0.4, -0.2) is 152 Å². The van der Waals surface area contributed by atoms with Crippen molar-refractivity contribution < 1.29 is 160 Å². The summed E-state index contributed by atoms with van der Waals surface area (Å²) in [6.07, 6.45) is -11.8. The van der Waals surface area contributed by atoms with Crippen molar-refractivity contribution in [3.8, 4) is 0 Å². The summed E-state index contributed by atoms with van der Waals surface area (Å²) in [7, 11) is -9.07. The van der Waals surface area contributed by atoms with Gasteiger partial charge in [0.05, 0.1) is 26.9 Å². The lowest BCUT2D eigenvalue weighted by molar-refractivity contribution is -0.273. The minimum Gasteiger partial charge on any atom is -0.462 e. The van der Waals surface area contributed by atoms with E-state index in [1.54, 1.807) is 90.0 Å². The lowest BCUT2D eigenvalue weighted by Gasteiger charge is -2.37. The second-order valence-corrected chi connectivity index (χ2v) is 39.4. The monoisotopic (exact) mass is 1900 g/mol. The fourth-order valence-corrected chi connectivity index (χ4v) is 12.9. The molecule has 0 saturated heterocycles. The maximum atomic E-state index is 13.7. The molecule has 3 aliphatic rings. The Morgan fingerprint density at radius 2 is 0.810 bits per heavy atom. The molecule has 39 heteroatoms. The lowest BCUT2D eigenvalue weighted by Crippen LogP contribution is -2.48. The maximum absolute atomic E-state index is 13.7. The summed E-state index contributed by atoms with van der Waals surface area (Å²) >= 11 is 0. The molecule has 3 saturated carbocycles. The molecule has 0 spiro atoms. The summed E-state index contributed by atoms with van der Waals surface area (Å²) in [5.74, 6) is -4.38. The van der Waals surface area contributed by atoms with Crippen LogP contribution in [0.5, 0.6) is 0 Å². The van der Waals surface area contributed by atoms with Crippen molar-refractivity contribution in [1.29, 1.82) is 0 Å². The van der Waals surface area contributed by atoms with Gasteiger partial charge in [-0.2, -0.15) is 74.3 Å². The minimum absolute atomic E-state index is 0. The molecule has 0 radical (unpaired) electrons. The number of amides is 2. The zero-order valence-electron chi connectivity index (χ0n) is 73.8. The summed E-state index contributed by atoms with van der Waals surface area (Å²) in [5.41, 5.74) is -23.6. The largest absolute Gasteiger partial charge is 0.516 e. The first-order chi connectivity index (χ1) is 53.5. The predicted octanol–water partition coefficient (Wildman–Crippen LogP) is 22.3. The van der Waals surface area contributed by atoms with Gasteiger partial charge in [0, 0.05) is 29.2 Å². The SMILES string of the molecule is C.C.C.C.C.C.CCC(C)(C)C(=O)NS(=O)(=O)C(F)(F)F.CCC(C)(C)C(=O)NS(=O)(=O)C1CCCCC1.CCC(C)(C)C(=O)OC(C)(c1ccc(C(C)(O)C(F)(F)F)cc1)C(F)(F)F.CCC(C)(C)C(=O)OC(CC(C)(O)C(F)(F)F)C(C)C.CCC(C)(C)C(=O)OC(CC(C)(O)C(F)(F)F)C1CC2CCC1C2.CCC(C)(C)C(=O)OCCOC(=O)CC(C)=O. The molecule has 9 atom stereocenters. The Morgan fingerprint density at radius 3 is 1.15 bits per heavy atom. The number of fused-ring (bicyclic) bond motifs is 2. The number of ketones is 1. The van der Waals surface area contributed by atoms with E-state index in [1.807, 2.05) is 20.8 Å². The van der Waals surface area contributed by atoms with Crippen LogP contribution in [-0.2, 0) is 93.3 Å². The first-order valence-electron chi connectivity index (χ1n) is 39.8. The van der Waals surface area contributed by atoms with E-state index in [4.69, 9.17) is 23.7 Å². The highest BCUT2D eigenvalue weighted by Gasteiger charge is 2.59. The van der Waals surface area contributed by atoms with Gasteiger partial charge in [-0.3, -0.25) is 43.1 Å². The average molecular weight is 1900 g/mol. The topological polar surface area (TPSA) is 336 Å². The zero-order valence-corrected chi connectivity index (χ0v) is 75.4. The molecule has 4 rings (SSSR count). The van der Waals surface area contributed by atoms with E-state index < -0.39 is 171 Å². The van der Waals surface area contributed by atoms with Crippen molar-refractivity contribution in [3.05, 3.63) is 35.4 Å². The number of ether oxygens (including phenoxy) is 5. The van der Waals surface area contributed by atoms with E-state index in [1.165, 1.54) is 34.6 Å². The van der Waals surface area contributed by atoms with Gasteiger partial charge >= 0.3 is 70.1 Å². The van der Waals surface area contributed by atoms with Crippen LogP contribution in [0.15, 0.2) is 24.3 Å². The Balaban J connectivity index is -0.000000221. The molecule has 3 aliphatic carbocycles. The molecule has 126 heavy (non-hydrogen) atoms. The number of carbonyl (C=O) groups excluding carboxylic acids is 8. The number of hydrogen-bond acceptors (Lipinski definition) is 20. The molecule has 750 valence electrons. The molecule has 3 fully saturated rings. The standard InChI is InChI=1S/C18H22F6O3.C18H29F3O3.C14H25F3O3.C12H23NO3S.C12H20O5.C7H12F3NO3S.6CH4/c1-6-14(2,3)13(25)27-16(5,18(22,23)24)12-9-7-11(8-10-12)15(4,26)17(19,20)21;1-5-16(2,3)15(22)24-14(10-17(4,23)18(19,20)21)13-9-11-6-7-12(13)8-11;1-7-12(4,5)11(18)20-10(9(2)3)8-13(6,19)14(15,16)17;1-4-12(2,3)11(14)13-17(15,16)10-8-6-5-7-9-10;1-5-12(3,4)11(15)17-7-6-16-10(14)8-9(2)13;1-4-6(2,3)5(12)11-15(13,14)7(8,9)10;;;;;;/h7-10,26H,6H2,1-5H3;11-14,23H,5-10H2,1-4H3;9-10,19H,7-8H2,1-6H3;10H,4-9H2,1-3H3,(H,13,14);5-8H2,1-4H3;4H2,1-3H3,(H,11,12);6*1H4. The fourth-order valence-electron chi connectivity index (χ4n) is 10.6. The van der Waals surface area contributed by atoms with E-state index >= 15 is 0 Å². The second kappa shape index (κ2) is 52.2. The third kappa shape index (κ3) is 41.1. The van der Waals surface area contributed by atoms with Crippen molar-refractivity contribution >= 4 is 67.5 Å². The van der Waals surface area contributed by atoms with Gasteiger partial charge in [-0.05, 0) is 190 Å². The zero-order chi connectivity index (χ0) is 95.2. The molecular weight excluding hydrogens is 1740 g/mol. The summed E-state index contributed by atoms with van der Waals surface area (Å²) in [6, 6.07) is 2.97. The van der Waals surface area contributed by atoms with Gasteiger partial charge in [-0.25, -0.2) is 13.1 Å². The molecule has 0 aliphatic heterocycles. The Kier molecular flexibility index (Phi) is 56.1. The van der Waals surface area contributed by atoms with Crippen LogP contribution < -0.4 is 9.44 Å². The lowest BCUT2D eigenvalue weighted by atomic mass is 9.80. The quantitative estimate of drug-likeness (QED) is 0.0152. The third-order valence-electron chi connectivity index (χ3n) is 22.8. The van der Waals surface area contributed by atoms with Gasteiger partial charge in [0.2, 0.25) is 27.4 Å². The fraction of sp³-hybridized carbons (Fsp3) is 0.839. The Hall–Kier alpha value is -6.09. The minimum atomic E-state index is -5.59. The number of sulfonamides is 2. The molecule has 2 amide bonds. The molecule has 0 aromatic heterocycles. The Bertz CT molecular complexity index is 3710. The summed E-state index contributed by atoms with van der Waals surface area (Å²) in [6.45, 7) is 37.3. The van der Waals surface area contributed by atoms with Crippen LogP contribution >= 0.6 is 0 Å². The smallest absolute Gasteiger partial charge is 0.462 e. The highest BCUT2D eigenvalue weighted by atomic mass is 32.2. The number of esters is 5. The van der Waals surface area contributed by atoms with Crippen LogP contribution in [0.3, 0.4) is 0 Å². The van der Waals surface area contributed by atoms with Crippen LogP contribution in [0.4, 0.5) is 65.9 Å². The molecule has 2 bridgehead atoms. The summed E-state index contributed by atoms with van der Waals surface area (Å²) in [5, 5.41) is 28.7. The number of halogens is 15. The Labute approximate surface area is 741 Å². The van der Waals surface area contributed by atoms with E-state index in [-0.39, 0.29) is 112 Å². The van der Waals surface area contributed by atoms with Crippen LogP contribution in [0.2, 0.25) is 0 Å². The summed E-state index contributed by atoms with van der Waals surface area (Å²) < 4.78 is 266. The first kappa shape index (κ1) is 135. The number of alkyl halides is 15. The highest BCUT2D eigenvalue weighted by molar-refractivity contribution is 7.91. The van der Waals surface area contributed by atoms with Crippen molar-refractivity contribution in [1.82, 2.24) is 9.44 Å². The molecule has 0 heterocycles. The number of nitrogens with one attached hydrogen (secondary N) is 2. The predicted molar refractivity (Wildman–Crippen MR) is 457 cm³/mol. The van der Waals surface area contributed by atoms with E-state index in [9.17, 15) is 136 Å². The van der Waals surface area contributed by atoms with Crippen molar-refractivity contribution in [3.63, 3.8) is 0 Å². The third-order valence-corrected chi connectivity index (χ3v) is 25.7. The summed E-state index contributed by atoms with van der Waals surface area (Å²) in [4.78, 5) is 92.6. The van der Waals surface area contributed by atoms with E-state index in [0.717, 1.165) is 80.9 Å². The van der Waals surface area contributed by atoms with Gasteiger partial charge < -0.3 is 39.0 Å². The van der Waals surface area contributed by atoms with Gasteiger partial charge in [0.1, 0.15) is 37.6 Å². The number of hydrogen-bond donors (Lipinski definition) is 5. The highest BCUT2D eigenvalue weighted by Crippen LogP contribution is 2.53. The number of carbonyl (C=O) groups is 8. The number of benzene rings is 1. The number of rotatable bonds is 31. The van der Waals surface area contributed by atoms with Crippen LogP contribution in [0.1, 0.15) is 344 Å². The number of aliphatic hydroxyl groups is 3. The molecule has 1 aromatic rings. The average Bonchev–Trinajstić information content (AvgIpc) is 0.859. The van der Waals surface area contributed by atoms with Crippen molar-refractivity contribution in [2.45, 2.75) is 403 Å². The van der Waals surface area contributed by atoms with Crippen LogP contribution in [0, 0.1) is 56.2 Å². The van der Waals surface area contributed by atoms with E-state index in [2.05, 4.69) is 4.72 Å². The van der Waals surface area contributed by atoms with Gasteiger partial charge in [0.15, 0.2) is 16.8 Å². The van der Waals surface area contributed by atoms with Crippen LogP contribution in [0.25, 0.3) is 0 Å². The number of Topliss-reactive ketones (excluding diaryl/α,β-unsaturated/α-hetero) is 1. The molecule has 5 N–H and O–H groups in total. The van der Waals surface area contributed by atoms with Gasteiger partial charge in [-0.1, -0.05) is 178 Å².